The minimum absolute atomic E-state index is 0.188. The largest absolute Gasteiger partial charge is 0.387 e. The van der Waals surface area contributed by atoms with E-state index in [1.807, 2.05) is 35.2 Å². The Kier molecular flexibility index (Phi) is 5.48. The normalized spacial score (nSPS) is 21.1. The molecule has 0 aromatic heterocycles. The fraction of sp³-hybridized carbons (Fsp3) is 0.409. The third-order valence-corrected chi connectivity index (χ3v) is 6.06. The molecule has 1 fully saturated rings. The van der Waals surface area contributed by atoms with Gasteiger partial charge in [-0.05, 0) is 36.5 Å². The number of carbonyl (C=O) groups is 1. The SMILES string of the molecule is O=C([C@@H]1Cc2ccccc2CN1C[C@H](O)c1ccccc1Cl)N1CCCC1. The van der Waals surface area contributed by atoms with Gasteiger partial charge in [0.2, 0.25) is 5.91 Å². The van der Waals surface area contributed by atoms with Crippen LogP contribution < -0.4 is 0 Å². The minimum Gasteiger partial charge on any atom is -0.387 e. The van der Waals surface area contributed by atoms with E-state index in [1.54, 1.807) is 6.07 Å². The fourth-order valence-corrected chi connectivity index (χ4v) is 4.49. The second kappa shape index (κ2) is 8.01. The van der Waals surface area contributed by atoms with Crippen LogP contribution in [0.15, 0.2) is 48.5 Å². The van der Waals surface area contributed by atoms with Gasteiger partial charge in [0.1, 0.15) is 0 Å². The Morgan fingerprint density at radius 1 is 1.07 bits per heavy atom. The molecule has 4 rings (SSSR count). The number of likely N-dealkylation sites (tertiary alicyclic amines) is 1. The van der Waals surface area contributed by atoms with Crippen molar-refractivity contribution in [3.05, 3.63) is 70.2 Å². The predicted molar refractivity (Wildman–Crippen MR) is 107 cm³/mol. The average Bonchev–Trinajstić information content (AvgIpc) is 3.22. The van der Waals surface area contributed by atoms with Crippen molar-refractivity contribution in [2.45, 2.75) is 38.0 Å². The number of amides is 1. The van der Waals surface area contributed by atoms with E-state index in [0.717, 1.165) is 25.9 Å². The van der Waals surface area contributed by atoms with Gasteiger partial charge in [-0.3, -0.25) is 9.69 Å². The van der Waals surface area contributed by atoms with Crippen molar-refractivity contribution < 1.29 is 9.90 Å². The molecule has 2 aromatic carbocycles. The maximum Gasteiger partial charge on any atom is 0.240 e. The van der Waals surface area contributed by atoms with Crippen molar-refractivity contribution in [2.75, 3.05) is 19.6 Å². The summed E-state index contributed by atoms with van der Waals surface area (Å²) in [6, 6.07) is 15.4. The number of aliphatic hydroxyl groups is 1. The van der Waals surface area contributed by atoms with E-state index in [-0.39, 0.29) is 11.9 Å². The van der Waals surface area contributed by atoms with Crippen LogP contribution in [0.25, 0.3) is 0 Å². The summed E-state index contributed by atoms with van der Waals surface area (Å²) in [6.07, 6.45) is 2.13. The van der Waals surface area contributed by atoms with Gasteiger partial charge in [0.15, 0.2) is 0 Å². The lowest BCUT2D eigenvalue weighted by atomic mass is 9.92. The van der Waals surface area contributed by atoms with Gasteiger partial charge in [-0.25, -0.2) is 0 Å². The third kappa shape index (κ3) is 3.88. The van der Waals surface area contributed by atoms with Crippen LogP contribution >= 0.6 is 11.6 Å². The molecular formula is C22H25ClN2O2. The zero-order valence-corrected chi connectivity index (χ0v) is 16.1. The van der Waals surface area contributed by atoms with Crippen molar-refractivity contribution in [3.8, 4) is 0 Å². The van der Waals surface area contributed by atoms with Gasteiger partial charge in [0.05, 0.1) is 12.1 Å². The Hall–Kier alpha value is -1.88. The highest BCUT2D eigenvalue weighted by Crippen LogP contribution is 2.29. The molecule has 1 amide bonds. The van der Waals surface area contributed by atoms with Gasteiger partial charge in [-0.15, -0.1) is 0 Å². The van der Waals surface area contributed by atoms with Gasteiger partial charge in [-0.2, -0.15) is 0 Å². The lowest BCUT2D eigenvalue weighted by Crippen LogP contribution is -2.52. The third-order valence-electron chi connectivity index (χ3n) is 5.72. The smallest absolute Gasteiger partial charge is 0.240 e. The standard InChI is InChI=1S/C22H25ClN2O2/c23-19-10-4-3-9-18(19)21(26)15-25-14-17-8-2-1-7-16(17)13-20(25)22(27)24-11-5-6-12-24/h1-4,7-10,20-21,26H,5-6,11-15H2/t20-,21-/m0/s1. The molecule has 2 aromatic rings. The molecule has 0 saturated carbocycles. The van der Waals surface area contributed by atoms with Crippen LogP contribution in [0.1, 0.15) is 35.6 Å². The first-order valence-electron chi connectivity index (χ1n) is 9.65. The number of hydrogen-bond acceptors (Lipinski definition) is 3. The maximum atomic E-state index is 13.2. The van der Waals surface area contributed by atoms with Crippen molar-refractivity contribution in [1.29, 1.82) is 0 Å². The first kappa shape index (κ1) is 18.5. The van der Waals surface area contributed by atoms with Gasteiger partial charge in [-0.1, -0.05) is 54.1 Å². The van der Waals surface area contributed by atoms with E-state index in [2.05, 4.69) is 17.0 Å². The number of rotatable bonds is 4. The quantitative estimate of drug-likeness (QED) is 0.878. The summed E-state index contributed by atoms with van der Waals surface area (Å²) in [5.74, 6) is 0.188. The molecule has 27 heavy (non-hydrogen) atoms. The Morgan fingerprint density at radius 2 is 1.74 bits per heavy atom. The molecule has 5 heteroatoms. The molecule has 0 unspecified atom stereocenters. The molecule has 1 saturated heterocycles. The van der Waals surface area contributed by atoms with Gasteiger partial charge in [0, 0.05) is 36.8 Å². The summed E-state index contributed by atoms with van der Waals surface area (Å²) >= 11 is 6.27. The zero-order valence-electron chi connectivity index (χ0n) is 15.4. The topological polar surface area (TPSA) is 43.8 Å². The highest BCUT2D eigenvalue weighted by molar-refractivity contribution is 6.31. The molecule has 0 spiro atoms. The van der Waals surface area contributed by atoms with Crippen LogP contribution in [0.5, 0.6) is 0 Å². The second-order valence-corrected chi connectivity index (χ2v) is 7.89. The molecule has 2 heterocycles. The maximum absolute atomic E-state index is 13.2. The summed E-state index contributed by atoms with van der Waals surface area (Å²) in [6.45, 7) is 2.75. The molecule has 1 N–H and O–H groups in total. The van der Waals surface area contributed by atoms with Gasteiger partial charge in [0.25, 0.3) is 0 Å². The van der Waals surface area contributed by atoms with Gasteiger partial charge >= 0.3 is 0 Å². The van der Waals surface area contributed by atoms with Crippen molar-refractivity contribution in [1.82, 2.24) is 9.80 Å². The highest BCUT2D eigenvalue weighted by Gasteiger charge is 2.36. The van der Waals surface area contributed by atoms with E-state index in [4.69, 9.17) is 11.6 Å². The number of hydrogen-bond donors (Lipinski definition) is 1. The number of nitrogens with zero attached hydrogens (tertiary/aromatic N) is 2. The Morgan fingerprint density at radius 3 is 2.48 bits per heavy atom. The van der Waals surface area contributed by atoms with Crippen LogP contribution in [0.2, 0.25) is 5.02 Å². The monoisotopic (exact) mass is 384 g/mol. The summed E-state index contributed by atoms with van der Waals surface area (Å²) in [5, 5.41) is 11.4. The van der Waals surface area contributed by atoms with Crippen LogP contribution in [-0.4, -0.2) is 46.5 Å². The number of fused-ring (bicyclic) bond motifs is 1. The Balaban J connectivity index is 1.59. The molecule has 0 bridgehead atoms. The number of halogens is 1. The lowest BCUT2D eigenvalue weighted by Gasteiger charge is -2.38. The Labute approximate surface area is 165 Å². The highest BCUT2D eigenvalue weighted by atomic mass is 35.5. The molecule has 142 valence electrons. The number of β-amino-alcohol motifs (C(OH)–C–C–N with tert-alkyl or cyclic N) is 1. The van der Waals surface area contributed by atoms with Crippen LogP contribution in [0, 0.1) is 0 Å². The minimum atomic E-state index is -0.724. The van der Waals surface area contributed by atoms with Crippen LogP contribution in [-0.2, 0) is 17.8 Å². The van der Waals surface area contributed by atoms with Gasteiger partial charge < -0.3 is 10.0 Å². The predicted octanol–water partition coefficient (Wildman–Crippen LogP) is 3.42. The number of aliphatic hydroxyl groups excluding tert-OH is 1. The van der Waals surface area contributed by atoms with E-state index in [0.29, 0.717) is 30.1 Å². The van der Waals surface area contributed by atoms with Crippen molar-refractivity contribution in [2.24, 2.45) is 0 Å². The average molecular weight is 385 g/mol. The number of benzene rings is 2. The van der Waals surface area contributed by atoms with E-state index in [9.17, 15) is 9.90 Å². The summed E-state index contributed by atoms with van der Waals surface area (Å²) in [4.78, 5) is 17.3. The van der Waals surface area contributed by atoms with E-state index < -0.39 is 6.10 Å². The van der Waals surface area contributed by atoms with Crippen LogP contribution in [0.3, 0.4) is 0 Å². The molecule has 2 aliphatic rings. The fourth-order valence-electron chi connectivity index (χ4n) is 4.23. The molecular weight excluding hydrogens is 360 g/mol. The van der Waals surface area contributed by atoms with E-state index >= 15 is 0 Å². The Bertz CT molecular complexity index is 819. The molecule has 4 nitrogen and oxygen atoms in total. The molecule has 0 radical (unpaired) electrons. The first-order valence-corrected chi connectivity index (χ1v) is 10.0. The molecule has 2 atom stereocenters. The van der Waals surface area contributed by atoms with Crippen LogP contribution in [0.4, 0.5) is 0 Å². The van der Waals surface area contributed by atoms with Crippen molar-refractivity contribution in [3.63, 3.8) is 0 Å². The second-order valence-electron chi connectivity index (χ2n) is 7.49. The zero-order chi connectivity index (χ0) is 18.8. The molecule has 0 aliphatic carbocycles. The van der Waals surface area contributed by atoms with Crippen molar-refractivity contribution >= 4 is 17.5 Å². The number of carbonyl (C=O) groups excluding carboxylic acids is 1. The summed E-state index contributed by atoms with van der Waals surface area (Å²) in [7, 11) is 0. The summed E-state index contributed by atoms with van der Waals surface area (Å²) in [5.41, 5.74) is 3.18. The van der Waals surface area contributed by atoms with E-state index in [1.165, 1.54) is 11.1 Å². The first-order chi connectivity index (χ1) is 13.1. The lowest BCUT2D eigenvalue weighted by molar-refractivity contribution is -0.137. The summed E-state index contributed by atoms with van der Waals surface area (Å²) < 4.78 is 0. The molecule has 2 aliphatic heterocycles.